The molecule has 1 amide bonds. The molecule has 7 heteroatoms. The highest BCUT2D eigenvalue weighted by molar-refractivity contribution is 8.00. The van der Waals surface area contributed by atoms with Crippen molar-refractivity contribution in [2.75, 3.05) is 11.6 Å². The van der Waals surface area contributed by atoms with Gasteiger partial charge in [-0.15, -0.1) is 11.3 Å². The second-order valence-corrected chi connectivity index (χ2v) is 8.35. The molecule has 0 aliphatic heterocycles. The molecule has 0 spiro atoms. The Morgan fingerprint density at radius 2 is 2.14 bits per heavy atom. The summed E-state index contributed by atoms with van der Waals surface area (Å²) < 4.78 is 12.1. The van der Waals surface area contributed by atoms with E-state index < -0.39 is 9.52 Å². The van der Waals surface area contributed by atoms with Crippen LogP contribution >= 0.6 is 11.3 Å². The molecule has 2 heterocycles. The minimum atomic E-state index is -2.40. The number of anilines is 1. The van der Waals surface area contributed by atoms with Crippen LogP contribution in [0.5, 0.6) is 0 Å². The van der Waals surface area contributed by atoms with E-state index in [0.29, 0.717) is 21.2 Å². The SMILES string of the molecule is C=S(C)(=O)c1ccsc1NC(=O)c1ccnc(CC(C)=O)c1. The summed E-state index contributed by atoms with van der Waals surface area (Å²) in [5, 5.41) is 5.02. The highest BCUT2D eigenvalue weighted by Crippen LogP contribution is 2.28. The van der Waals surface area contributed by atoms with Crippen LogP contribution in [-0.2, 0) is 20.7 Å². The molecule has 22 heavy (non-hydrogen) atoms. The molecule has 2 rings (SSSR count). The maximum absolute atomic E-state index is 12.3. The van der Waals surface area contributed by atoms with Gasteiger partial charge >= 0.3 is 0 Å². The summed E-state index contributed by atoms with van der Waals surface area (Å²) in [6, 6.07) is 4.85. The van der Waals surface area contributed by atoms with Crippen LogP contribution in [0.2, 0.25) is 0 Å². The van der Waals surface area contributed by atoms with Crippen molar-refractivity contribution in [2.24, 2.45) is 0 Å². The van der Waals surface area contributed by atoms with E-state index in [4.69, 9.17) is 0 Å². The molecule has 0 aliphatic carbocycles. The van der Waals surface area contributed by atoms with Gasteiger partial charge in [0.05, 0.1) is 4.90 Å². The Kier molecular flexibility index (Phi) is 4.77. The van der Waals surface area contributed by atoms with Crippen LogP contribution < -0.4 is 5.32 Å². The summed E-state index contributed by atoms with van der Waals surface area (Å²) in [6.45, 7) is 1.47. The largest absolute Gasteiger partial charge is 0.313 e. The zero-order chi connectivity index (χ0) is 16.3. The number of amides is 1. The van der Waals surface area contributed by atoms with E-state index in [9.17, 15) is 13.8 Å². The van der Waals surface area contributed by atoms with Crippen LogP contribution in [0.15, 0.2) is 34.7 Å². The minimum Gasteiger partial charge on any atom is -0.313 e. The van der Waals surface area contributed by atoms with Gasteiger partial charge in [0.15, 0.2) is 0 Å². The van der Waals surface area contributed by atoms with Gasteiger partial charge in [0.1, 0.15) is 10.8 Å². The van der Waals surface area contributed by atoms with E-state index in [0.717, 1.165) is 0 Å². The third-order valence-electron chi connectivity index (χ3n) is 2.83. The number of carbonyl (C=O) groups excluding carboxylic acids is 2. The summed E-state index contributed by atoms with van der Waals surface area (Å²) in [5.74, 6) is 3.28. The van der Waals surface area contributed by atoms with Crippen LogP contribution in [0, 0.1) is 0 Å². The molecule has 1 atom stereocenters. The lowest BCUT2D eigenvalue weighted by Gasteiger charge is -2.08. The van der Waals surface area contributed by atoms with Crippen molar-refractivity contribution in [1.82, 2.24) is 4.98 Å². The fraction of sp³-hybridized carbons (Fsp3) is 0.200. The van der Waals surface area contributed by atoms with Gasteiger partial charge in [-0.1, -0.05) is 0 Å². The van der Waals surface area contributed by atoms with Crippen molar-refractivity contribution < 1.29 is 13.8 Å². The van der Waals surface area contributed by atoms with Crippen LogP contribution in [0.4, 0.5) is 5.00 Å². The van der Waals surface area contributed by atoms with Crippen molar-refractivity contribution in [3.63, 3.8) is 0 Å². The molecule has 116 valence electrons. The summed E-state index contributed by atoms with van der Waals surface area (Å²) >= 11 is 1.29. The molecule has 1 unspecified atom stereocenters. The van der Waals surface area contributed by atoms with E-state index >= 15 is 0 Å². The van der Waals surface area contributed by atoms with Gasteiger partial charge in [-0.3, -0.25) is 18.8 Å². The molecule has 2 aromatic rings. The molecular weight excluding hydrogens is 320 g/mol. The van der Waals surface area contributed by atoms with Gasteiger partial charge in [-0.2, -0.15) is 0 Å². The third kappa shape index (κ3) is 4.02. The first-order valence-electron chi connectivity index (χ1n) is 6.43. The smallest absolute Gasteiger partial charge is 0.256 e. The lowest BCUT2D eigenvalue weighted by Crippen LogP contribution is -2.14. The Morgan fingerprint density at radius 1 is 1.41 bits per heavy atom. The molecule has 0 saturated carbocycles. The average molecular weight is 336 g/mol. The number of rotatable bonds is 5. The number of ketones is 1. The molecule has 0 radical (unpaired) electrons. The number of hydrogen-bond acceptors (Lipinski definition) is 5. The average Bonchev–Trinajstić information content (AvgIpc) is 2.86. The van der Waals surface area contributed by atoms with Crippen LogP contribution in [-0.4, -0.2) is 33.0 Å². The fourth-order valence-electron chi connectivity index (χ4n) is 1.88. The molecule has 5 nitrogen and oxygen atoms in total. The van der Waals surface area contributed by atoms with Gasteiger partial charge in [-0.25, -0.2) is 0 Å². The Hall–Kier alpha value is -1.99. The molecule has 0 saturated heterocycles. The summed E-state index contributed by atoms with van der Waals surface area (Å²) in [7, 11) is -2.40. The molecular formula is C15H16N2O3S2. The van der Waals surface area contributed by atoms with E-state index in [1.54, 1.807) is 23.6 Å². The third-order valence-corrected chi connectivity index (χ3v) is 5.06. The fourth-order valence-corrected chi connectivity index (χ4v) is 4.11. The predicted octanol–water partition coefficient (Wildman–Crippen LogP) is 2.23. The summed E-state index contributed by atoms with van der Waals surface area (Å²) in [5.41, 5.74) is 0.945. The Balaban J connectivity index is 2.23. The Morgan fingerprint density at radius 3 is 2.77 bits per heavy atom. The second kappa shape index (κ2) is 6.41. The number of nitrogens with zero attached hydrogens (tertiary/aromatic N) is 1. The van der Waals surface area contributed by atoms with E-state index in [-0.39, 0.29) is 18.1 Å². The van der Waals surface area contributed by atoms with Gasteiger partial charge in [-0.05, 0) is 45.9 Å². The van der Waals surface area contributed by atoms with Gasteiger partial charge in [0, 0.05) is 30.1 Å². The van der Waals surface area contributed by atoms with Crippen molar-refractivity contribution in [2.45, 2.75) is 18.2 Å². The van der Waals surface area contributed by atoms with E-state index in [1.165, 1.54) is 30.7 Å². The number of pyridine rings is 1. The number of Topliss-reactive ketones (excluding diaryl/α,β-unsaturated/α-hetero) is 1. The molecule has 0 bridgehead atoms. The highest BCUT2D eigenvalue weighted by Gasteiger charge is 2.14. The second-order valence-electron chi connectivity index (χ2n) is 4.99. The maximum Gasteiger partial charge on any atom is 0.256 e. The lowest BCUT2D eigenvalue weighted by atomic mass is 10.1. The first kappa shape index (κ1) is 16.4. The lowest BCUT2D eigenvalue weighted by molar-refractivity contribution is -0.116. The van der Waals surface area contributed by atoms with Crippen molar-refractivity contribution in [3.8, 4) is 0 Å². The monoisotopic (exact) mass is 336 g/mol. The topological polar surface area (TPSA) is 76.1 Å². The van der Waals surface area contributed by atoms with Gasteiger partial charge < -0.3 is 5.32 Å². The number of thiophene rings is 1. The normalized spacial score (nSPS) is 13.4. The van der Waals surface area contributed by atoms with Crippen molar-refractivity contribution >= 4 is 43.4 Å². The molecule has 0 aromatic carbocycles. The number of hydrogen-bond donors (Lipinski definition) is 1. The van der Waals surface area contributed by atoms with Crippen molar-refractivity contribution in [3.05, 3.63) is 41.0 Å². The van der Waals surface area contributed by atoms with E-state index in [2.05, 4.69) is 16.2 Å². The number of carbonyl (C=O) groups is 2. The highest BCUT2D eigenvalue weighted by atomic mass is 32.2. The first-order chi connectivity index (χ1) is 10.3. The summed E-state index contributed by atoms with van der Waals surface area (Å²) in [6.07, 6.45) is 3.21. The first-order valence-corrected chi connectivity index (χ1v) is 9.44. The minimum absolute atomic E-state index is 0.0200. The van der Waals surface area contributed by atoms with Crippen molar-refractivity contribution in [1.29, 1.82) is 0 Å². The summed E-state index contributed by atoms with van der Waals surface area (Å²) in [4.78, 5) is 28.0. The predicted molar refractivity (Wildman–Crippen MR) is 90.3 cm³/mol. The molecule has 0 aliphatic rings. The number of nitrogens with one attached hydrogen (secondary N) is 1. The van der Waals surface area contributed by atoms with Crippen LogP contribution in [0.25, 0.3) is 0 Å². The molecule has 0 fully saturated rings. The Bertz CT molecular complexity index is 823. The standard InChI is InChI=1S/C15H16N2O3S2/c1-10(18)8-12-9-11(4-6-16-12)14(19)17-15-13(5-7-21-15)22(2,3)20/h4-7,9H,2,8H2,1,3H3,(H,17,19). The zero-order valence-corrected chi connectivity index (χ0v) is 13.9. The van der Waals surface area contributed by atoms with Gasteiger partial charge in [0.25, 0.3) is 5.91 Å². The van der Waals surface area contributed by atoms with Crippen LogP contribution in [0.3, 0.4) is 0 Å². The maximum atomic E-state index is 12.3. The molecule has 2 aromatic heterocycles. The quantitative estimate of drug-likeness (QED) is 0.850. The molecule has 1 N–H and O–H groups in total. The van der Waals surface area contributed by atoms with Gasteiger partial charge in [0.2, 0.25) is 0 Å². The zero-order valence-electron chi connectivity index (χ0n) is 12.3. The van der Waals surface area contributed by atoms with Crippen LogP contribution in [0.1, 0.15) is 23.0 Å². The number of aromatic nitrogens is 1. The Labute approximate surface area is 133 Å². The van der Waals surface area contributed by atoms with E-state index in [1.807, 2.05) is 0 Å².